The Kier molecular flexibility index (Phi) is 7.36. The molecule has 0 unspecified atom stereocenters. The first-order valence-electron chi connectivity index (χ1n) is 12.7. The molecule has 0 radical (unpaired) electrons. The highest BCUT2D eigenvalue weighted by molar-refractivity contribution is 5.92. The highest BCUT2D eigenvalue weighted by atomic mass is 16.1. The molecule has 0 aliphatic carbocycles. The Labute approximate surface area is 213 Å². The van der Waals surface area contributed by atoms with E-state index in [-0.39, 0.29) is 11.8 Å². The average molecular weight is 477 g/mol. The first-order valence-corrected chi connectivity index (χ1v) is 12.7. The SMILES string of the molecule is CC1CCN(c2ccc(-c3cccc(NC(=O)CC(c4ccccc4)c4ccccc4)c3)nn2)CC1. The number of piperidine rings is 1. The largest absolute Gasteiger partial charge is 0.355 e. The number of hydrogen-bond donors (Lipinski definition) is 1. The third-order valence-electron chi connectivity index (χ3n) is 6.99. The molecule has 4 aromatic rings. The molecule has 5 nitrogen and oxygen atoms in total. The van der Waals surface area contributed by atoms with Crippen molar-refractivity contribution < 1.29 is 4.79 Å². The molecule has 0 atom stereocenters. The minimum Gasteiger partial charge on any atom is -0.355 e. The van der Waals surface area contributed by atoms with Crippen molar-refractivity contribution >= 4 is 17.4 Å². The second kappa shape index (κ2) is 11.2. The van der Waals surface area contributed by atoms with Gasteiger partial charge in [-0.05, 0) is 54.2 Å². The van der Waals surface area contributed by atoms with Crippen LogP contribution in [0.25, 0.3) is 11.3 Å². The van der Waals surface area contributed by atoms with Gasteiger partial charge in [0.2, 0.25) is 5.91 Å². The zero-order valence-corrected chi connectivity index (χ0v) is 20.7. The summed E-state index contributed by atoms with van der Waals surface area (Å²) in [4.78, 5) is 15.4. The van der Waals surface area contributed by atoms with E-state index in [2.05, 4.69) is 51.6 Å². The molecule has 5 heteroatoms. The lowest BCUT2D eigenvalue weighted by Crippen LogP contribution is -2.33. The number of anilines is 2. The first-order chi connectivity index (χ1) is 17.7. The Morgan fingerprint density at radius 1 is 0.861 bits per heavy atom. The van der Waals surface area contributed by atoms with E-state index in [0.717, 1.165) is 52.9 Å². The zero-order chi connectivity index (χ0) is 24.7. The number of amides is 1. The average Bonchev–Trinajstić information content (AvgIpc) is 2.93. The molecular weight excluding hydrogens is 444 g/mol. The van der Waals surface area contributed by atoms with Crippen LogP contribution in [-0.2, 0) is 4.79 Å². The maximum atomic E-state index is 13.1. The topological polar surface area (TPSA) is 58.1 Å². The summed E-state index contributed by atoms with van der Waals surface area (Å²) in [5.41, 5.74) is 4.75. The fourth-order valence-corrected chi connectivity index (χ4v) is 4.84. The summed E-state index contributed by atoms with van der Waals surface area (Å²) in [5.74, 6) is 1.68. The molecule has 1 aliphatic rings. The lowest BCUT2D eigenvalue weighted by Gasteiger charge is -2.30. The maximum Gasteiger partial charge on any atom is 0.225 e. The van der Waals surface area contributed by atoms with Crippen LogP contribution in [0, 0.1) is 5.92 Å². The second-order valence-electron chi connectivity index (χ2n) is 9.65. The predicted octanol–water partition coefficient (Wildman–Crippen LogP) is 6.54. The molecule has 1 saturated heterocycles. The van der Waals surface area contributed by atoms with Gasteiger partial charge in [-0.25, -0.2) is 0 Å². The van der Waals surface area contributed by atoms with Crippen LogP contribution in [0.15, 0.2) is 97.1 Å². The van der Waals surface area contributed by atoms with Crippen LogP contribution in [0.1, 0.15) is 43.2 Å². The van der Waals surface area contributed by atoms with Crippen LogP contribution in [0.4, 0.5) is 11.5 Å². The van der Waals surface area contributed by atoms with E-state index in [1.165, 1.54) is 12.8 Å². The van der Waals surface area contributed by atoms with Gasteiger partial charge in [-0.2, -0.15) is 0 Å². The third kappa shape index (κ3) is 5.80. The van der Waals surface area contributed by atoms with Gasteiger partial charge in [0.05, 0.1) is 5.69 Å². The number of carbonyl (C=O) groups excluding carboxylic acids is 1. The van der Waals surface area contributed by atoms with Gasteiger partial charge in [-0.1, -0.05) is 79.7 Å². The van der Waals surface area contributed by atoms with Gasteiger partial charge in [0.15, 0.2) is 5.82 Å². The molecule has 1 fully saturated rings. The molecule has 0 bridgehead atoms. The Morgan fingerprint density at radius 3 is 2.14 bits per heavy atom. The minimum absolute atomic E-state index is 0.00762. The Bertz CT molecular complexity index is 1230. The van der Waals surface area contributed by atoms with E-state index in [0.29, 0.717) is 6.42 Å². The molecular formula is C31H32N4O. The maximum absolute atomic E-state index is 13.1. The standard InChI is InChI=1S/C31H32N4O/c1-23-17-19-35(20-18-23)30-16-15-29(33-34-30)26-13-8-14-27(21-26)32-31(36)22-28(24-9-4-2-5-10-24)25-11-6-3-7-12-25/h2-16,21,23,28H,17-20,22H2,1H3,(H,32,36). The van der Waals surface area contributed by atoms with Crippen molar-refractivity contribution in [1.29, 1.82) is 0 Å². The van der Waals surface area contributed by atoms with Crippen LogP contribution in [0.5, 0.6) is 0 Å². The Balaban J connectivity index is 1.28. The van der Waals surface area contributed by atoms with Crippen LogP contribution >= 0.6 is 0 Å². The number of nitrogens with one attached hydrogen (secondary N) is 1. The molecule has 36 heavy (non-hydrogen) atoms. The summed E-state index contributed by atoms with van der Waals surface area (Å²) >= 11 is 0. The normalized spacial score (nSPS) is 14.1. The smallest absolute Gasteiger partial charge is 0.225 e. The van der Waals surface area contributed by atoms with Gasteiger partial charge in [0.1, 0.15) is 0 Å². The van der Waals surface area contributed by atoms with E-state index < -0.39 is 0 Å². The Hall–Kier alpha value is -3.99. The van der Waals surface area contributed by atoms with E-state index in [1.54, 1.807) is 0 Å². The molecule has 3 aromatic carbocycles. The Morgan fingerprint density at radius 2 is 1.53 bits per heavy atom. The molecule has 1 amide bonds. The highest BCUT2D eigenvalue weighted by Crippen LogP contribution is 2.29. The lowest BCUT2D eigenvalue weighted by molar-refractivity contribution is -0.116. The summed E-state index contributed by atoms with van der Waals surface area (Å²) in [6.07, 6.45) is 2.75. The van der Waals surface area contributed by atoms with Crippen molar-refractivity contribution in [2.75, 3.05) is 23.3 Å². The first kappa shape index (κ1) is 23.7. The van der Waals surface area contributed by atoms with Gasteiger partial charge in [-0.15, -0.1) is 10.2 Å². The van der Waals surface area contributed by atoms with Crippen LogP contribution < -0.4 is 10.2 Å². The lowest BCUT2D eigenvalue weighted by atomic mass is 9.88. The van der Waals surface area contributed by atoms with Gasteiger partial charge in [-0.3, -0.25) is 4.79 Å². The summed E-state index contributed by atoms with van der Waals surface area (Å²) in [5, 5.41) is 12.1. The number of rotatable bonds is 7. The van der Waals surface area contributed by atoms with Gasteiger partial charge in [0, 0.05) is 36.7 Å². The van der Waals surface area contributed by atoms with E-state index in [1.807, 2.05) is 72.8 Å². The molecule has 5 rings (SSSR count). The van der Waals surface area contributed by atoms with E-state index >= 15 is 0 Å². The molecule has 0 saturated carbocycles. The summed E-state index contributed by atoms with van der Waals surface area (Å²) in [6.45, 7) is 4.37. The van der Waals surface area contributed by atoms with Crippen LogP contribution in [0.2, 0.25) is 0 Å². The van der Waals surface area contributed by atoms with Crippen LogP contribution in [0.3, 0.4) is 0 Å². The quantitative estimate of drug-likeness (QED) is 0.329. The van der Waals surface area contributed by atoms with Crippen molar-refractivity contribution in [2.24, 2.45) is 5.92 Å². The fourth-order valence-electron chi connectivity index (χ4n) is 4.84. The van der Waals surface area contributed by atoms with Crippen molar-refractivity contribution in [3.8, 4) is 11.3 Å². The summed E-state index contributed by atoms with van der Waals surface area (Å²) in [6, 6.07) is 32.3. The molecule has 1 aromatic heterocycles. The van der Waals surface area contributed by atoms with Gasteiger partial charge in [0.25, 0.3) is 0 Å². The van der Waals surface area contributed by atoms with Crippen molar-refractivity contribution in [1.82, 2.24) is 10.2 Å². The number of hydrogen-bond acceptors (Lipinski definition) is 4. The second-order valence-corrected chi connectivity index (χ2v) is 9.65. The number of benzene rings is 3. The summed E-state index contributed by atoms with van der Waals surface area (Å²) < 4.78 is 0. The van der Waals surface area contributed by atoms with Crippen molar-refractivity contribution in [3.63, 3.8) is 0 Å². The van der Waals surface area contributed by atoms with Crippen LogP contribution in [-0.4, -0.2) is 29.2 Å². The highest BCUT2D eigenvalue weighted by Gasteiger charge is 2.19. The van der Waals surface area contributed by atoms with Gasteiger partial charge < -0.3 is 10.2 Å². The van der Waals surface area contributed by atoms with Crippen molar-refractivity contribution in [2.45, 2.75) is 32.1 Å². The van der Waals surface area contributed by atoms with E-state index in [9.17, 15) is 4.79 Å². The van der Waals surface area contributed by atoms with Crippen molar-refractivity contribution in [3.05, 3.63) is 108 Å². The minimum atomic E-state index is -0.0226. The fraction of sp³-hybridized carbons (Fsp3) is 0.258. The predicted molar refractivity (Wildman–Crippen MR) is 146 cm³/mol. The monoisotopic (exact) mass is 476 g/mol. The zero-order valence-electron chi connectivity index (χ0n) is 20.7. The third-order valence-corrected chi connectivity index (χ3v) is 6.99. The van der Waals surface area contributed by atoms with Gasteiger partial charge >= 0.3 is 0 Å². The number of carbonyl (C=O) groups is 1. The number of aromatic nitrogens is 2. The molecule has 182 valence electrons. The molecule has 1 N–H and O–H groups in total. The molecule has 1 aliphatic heterocycles. The number of nitrogens with zero attached hydrogens (tertiary/aromatic N) is 3. The molecule has 2 heterocycles. The van der Waals surface area contributed by atoms with E-state index in [4.69, 9.17) is 0 Å². The summed E-state index contributed by atoms with van der Waals surface area (Å²) in [7, 11) is 0. The molecule has 0 spiro atoms.